The van der Waals surface area contributed by atoms with Crippen LogP contribution in [0.3, 0.4) is 0 Å². The van der Waals surface area contributed by atoms with Gasteiger partial charge in [-0.25, -0.2) is 0 Å². The van der Waals surface area contributed by atoms with Gasteiger partial charge in [-0.05, 0) is 26.0 Å². The number of nitrogens with one attached hydrogen (secondary N) is 1. The van der Waals surface area contributed by atoms with Crippen LogP contribution in [0.15, 0.2) is 30.3 Å². The van der Waals surface area contributed by atoms with Crippen molar-refractivity contribution < 1.29 is 14.7 Å². The monoisotopic (exact) mass is 278 g/mol. The van der Waals surface area contributed by atoms with Crippen molar-refractivity contribution in [3.05, 3.63) is 30.3 Å². The van der Waals surface area contributed by atoms with Crippen LogP contribution in [0.5, 0.6) is 0 Å². The summed E-state index contributed by atoms with van der Waals surface area (Å²) in [6.07, 6.45) is 0. The van der Waals surface area contributed by atoms with E-state index in [0.29, 0.717) is 6.54 Å². The molecule has 1 atom stereocenters. The van der Waals surface area contributed by atoms with Crippen LogP contribution < -0.4 is 5.32 Å². The maximum absolute atomic E-state index is 12.0. The van der Waals surface area contributed by atoms with Crippen molar-refractivity contribution in [3.8, 4) is 0 Å². The number of amides is 1. The van der Waals surface area contributed by atoms with E-state index >= 15 is 0 Å². The van der Waals surface area contributed by atoms with Gasteiger partial charge in [0.05, 0.1) is 12.5 Å². The molecule has 1 rings (SSSR count). The summed E-state index contributed by atoms with van der Waals surface area (Å²) < 4.78 is 0. The number of para-hydroxylation sites is 1. The lowest BCUT2D eigenvalue weighted by molar-refractivity contribution is -0.142. The Bertz CT molecular complexity index is 446. The Morgan fingerprint density at radius 1 is 1.20 bits per heavy atom. The van der Waals surface area contributed by atoms with Crippen LogP contribution in [0.2, 0.25) is 0 Å². The molecule has 0 bridgehead atoms. The average molecular weight is 278 g/mol. The number of carbonyl (C=O) groups excluding carboxylic acids is 1. The van der Waals surface area contributed by atoms with Gasteiger partial charge in [-0.15, -0.1) is 0 Å². The highest BCUT2D eigenvalue weighted by atomic mass is 16.4. The second kappa shape index (κ2) is 7.65. The molecule has 0 fully saturated rings. The lowest BCUT2D eigenvalue weighted by Crippen LogP contribution is -2.41. The molecule has 1 aromatic carbocycles. The fourth-order valence-electron chi connectivity index (χ4n) is 1.79. The number of anilines is 1. The maximum atomic E-state index is 12.0. The number of rotatable bonds is 7. The van der Waals surface area contributed by atoms with E-state index < -0.39 is 11.9 Å². The first kappa shape index (κ1) is 16.2. The van der Waals surface area contributed by atoms with E-state index in [9.17, 15) is 9.59 Å². The molecule has 0 saturated carbocycles. The highest BCUT2D eigenvalue weighted by molar-refractivity contribution is 5.92. The van der Waals surface area contributed by atoms with Gasteiger partial charge in [-0.2, -0.15) is 0 Å². The van der Waals surface area contributed by atoms with Crippen LogP contribution in [0, 0.1) is 5.92 Å². The smallest absolute Gasteiger partial charge is 0.307 e. The largest absolute Gasteiger partial charge is 0.481 e. The fourth-order valence-corrected chi connectivity index (χ4v) is 1.79. The maximum Gasteiger partial charge on any atom is 0.307 e. The quantitative estimate of drug-likeness (QED) is 0.801. The Morgan fingerprint density at radius 3 is 2.30 bits per heavy atom. The van der Waals surface area contributed by atoms with Crippen molar-refractivity contribution in [2.24, 2.45) is 5.92 Å². The van der Waals surface area contributed by atoms with Crippen LogP contribution in [0.4, 0.5) is 5.69 Å². The van der Waals surface area contributed by atoms with Gasteiger partial charge in [0.25, 0.3) is 0 Å². The minimum Gasteiger partial charge on any atom is -0.481 e. The Morgan fingerprint density at radius 2 is 1.80 bits per heavy atom. The lowest BCUT2D eigenvalue weighted by Gasteiger charge is -2.27. The first-order valence-electron chi connectivity index (χ1n) is 6.72. The molecule has 1 unspecified atom stereocenters. The molecular weight excluding hydrogens is 256 g/mol. The zero-order valence-electron chi connectivity index (χ0n) is 12.2. The SMILES string of the molecule is CC(CN(CC(=O)Nc1ccccc1)C(C)C)C(=O)O. The van der Waals surface area contributed by atoms with Gasteiger partial charge in [-0.1, -0.05) is 25.1 Å². The number of nitrogens with zero attached hydrogens (tertiary/aromatic N) is 1. The number of carbonyl (C=O) groups is 2. The summed E-state index contributed by atoms with van der Waals surface area (Å²) in [5, 5.41) is 11.8. The fraction of sp³-hybridized carbons (Fsp3) is 0.467. The summed E-state index contributed by atoms with van der Waals surface area (Å²) in [4.78, 5) is 24.7. The van der Waals surface area contributed by atoms with Crippen LogP contribution in [-0.4, -0.2) is 41.0 Å². The Hall–Kier alpha value is -1.88. The molecule has 0 radical (unpaired) electrons. The van der Waals surface area contributed by atoms with Crippen LogP contribution in [-0.2, 0) is 9.59 Å². The van der Waals surface area contributed by atoms with E-state index in [-0.39, 0.29) is 18.5 Å². The molecule has 0 aliphatic heterocycles. The summed E-state index contributed by atoms with van der Waals surface area (Å²) in [5.41, 5.74) is 0.743. The Kier molecular flexibility index (Phi) is 6.18. The molecular formula is C15H22N2O3. The summed E-state index contributed by atoms with van der Waals surface area (Å²) in [6.45, 7) is 6.08. The average Bonchev–Trinajstić information content (AvgIpc) is 2.38. The van der Waals surface area contributed by atoms with E-state index in [4.69, 9.17) is 5.11 Å². The summed E-state index contributed by atoms with van der Waals surface area (Å²) in [5.74, 6) is -1.48. The topological polar surface area (TPSA) is 69.6 Å². The molecule has 0 spiro atoms. The zero-order valence-corrected chi connectivity index (χ0v) is 12.2. The van der Waals surface area contributed by atoms with Gasteiger partial charge >= 0.3 is 5.97 Å². The predicted octanol–water partition coefficient (Wildman–Crippen LogP) is 2.06. The standard InChI is InChI=1S/C15H22N2O3/c1-11(2)17(9-12(3)15(19)20)10-14(18)16-13-7-5-4-6-8-13/h4-8,11-12H,9-10H2,1-3H3,(H,16,18)(H,19,20). The van der Waals surface area contributed by atoms with Crippen molar-refractivity contribution in [3.63, 3.8) is 0 Å². The highest BCUT2D eigenvalue weighted by Crippen LogP contribution is 2.08. The molecule has 0 saturated heterocycles. The number of hydrogen-bond acceptors (Lipinski definition) is 3. The third kappa shape index (κ3) is 5.40. The van der Waals surface area contributed by atoms with Crippen molar-refractivity contribution in [1.82, 2.24) is 4.90 Å². The van der Waals surface area contributed by atoms with E-state index in [0.717, 1.165) is 5.69 Å². The van der Waals surface area contributed by atoms with Gasteiger partial charge in [0.15, 0.2) is 0 Å². The van der Waals surface area contributed by atoms with E-state index in [2.05, 4.69) is 5.32 Å². The third-order valence-electron chi connectivity index (χ3n) is 3.06. The van der Waals surface area contributed by atoms with Crippen molar-refractivity contribution in [2.75, 3.05) is 18.4 Å². The van der Waals surface area contributed by atoms with Crippen LogP contribution in [0.1, 0.15) is 20.8 Å². The normalized spacial score (nSPS) is 12.4. The van der Waals surface area contributed by atoms with Crippen molar-refractivity contribution in [2.45, 2.75) is 26.8 Å². The number of benzene rings is 1. The number of aliphatic carboxylic acids is 1. The number of hydrogen-bond donors (Lipinski definition) is 2. The second-order valence-electron chi connectivity index (χ2n) is 5.18. The summed E-state index contributed by atoms with van der Waals surface area (Å²) in [7, 11) is 0. The van der Waals surface area contributed by atoms with E-state index in [1.165, 1.54) is 0 Å². The van der Waals surface area contributed by atoms with Gasteiger partial charge in [0, 0.05) is 18.3 Å². The van der Waals surface area contributed by atoms with Gasteiger partial charge in [0.2, 0.25) is 5.91 Å². The molecule has 0 aliphatic carbocycles. The zero-order chi connectivity index (χ0) is 15.1. The predicted molar refractivity (Wildman–Crippen MR) is 78.6 cm³/mol. The molecule has 1 amide bonds. The summed E-state index contributed by atoms with van der Waals surface area (Å²) in [6, 6.07) is 9.32. The van der Waals surface area contributed by atoms with Gasteiger partial charge in [-0.3, -0.25) is 14.5 Å². The minimum atomic E-state index is -0.848. The first-order chi connectivity index (χ1) is 9.40. The molecule has 20 heavy (non-hydrogen) atoms. The lowest BCUT2D eigenvalue weighted by atomic mass is 10.1. The van der Waals surface area contributed by atoms with Crippen LogP contribution >= 0.6 is 0 Å². The Balaban J connectivity index is 2.57. The number of carboxylic acid groups (broad SMARTS) is 1. The molecule has 0 aromatic heterocycles. The Labute approximate surface area is 119 Å². The molecule has 0 aliphatic rings. The van der Waals surface area contributed by atoms with E-state index in [1.807, 2.05) is 49.1 Å². The van der Waals surface area contributed by atoms with Crippen molar-refractivity contribution in [1.29, 1.82) is 0 Å². The van der Waals surface area contributed by atoms with Gasteiger partial charge in [0.1, 0.15) is 0 Å². The van der Waals surface area contributed by atoms with E-state index in [1.54, 1.807) is 6.92 Å². The van der Waals surface area contributed by atoms with Gasteiger partial charge < -0.3 is 10.4 Å². The summed E-state index contributed by atoms with van der Waals surface area (Å²) >= 11 is 0. The molecule has 5 heteroatoms. The highest BCUT2D eigenvalue weighted by Gasteiger charge is 2.20. The minimum absolute atomic E-state index is 0.110. The number of carboxylic acids is 1. The molecule has 110 valence electrons. The first-order valence-corrected chi connectivity index (χ1v) is 6.72. The molecule has 5 nitrogen and oxygen atoms in total. The molecule has 1 aromatic rings. The third-order valence-corrected chi connectivity index (χ3v) is 3.06. The second-order valence-corrected chi connectivity index (χ2v) is 5.18. The molecule has 0 heterocycles. The van der Waals surface area contributed by atoms with Crippen molar-refractivity contribution >= 4 is 17.6 Å². The molecule has 2 N–H and O–H groups in total. The van der Waals surface area contributed by atoms with Crippen LogP contribution in [0.25, 0.3) is 0 Å².